The maximum absolute atomic E-state index is 12.6. The smallest absolute Gasteiger partial charge is 0.325 e. The van der Waals surface area contributed by atoms with Crippen molar-refractivity contribution in [2.24, 2.45) is 0 Å². The highest BCUT2D eigenvalue weighted by Gasteiger charge is 2.52. The molecule has 1 aromatic rings. The van der Waals surface area contributed by atoms with Gasteiger partial charge in [0.1, 0.15) is 5.54 Å². The Morgan fingerprint density at radius 1 is 1.13 bits per heavy atom. The first kappa shape index (κ1) is 16.0. The summed E-state index contributed by atoms with van der Waals surface area (Å²) in [6, 6.07) is 7.31. The lowest BCUT2D eigenvalue weighted by atomic mass is 9.97. The largest absolute Gasteiger partial charge is 0.387 e. The quantitative estimate of drug-likeness (QED) is 0.839. The van der Waals surface area contributed by atoms with Crippen LogP contribution < -0.4 is 5.32 Å². The molecular formula is C18H24N2O3. The monoisotopic (exact) mass is 316 g/mol. The normalized spacial score (nSPS) is 21.3. The van der Waals surface area contributed by atoms with E-state index in [4.69, 9.17) is 0 Å². The van der Waals surface area contributed by atoms with Gasteiger partial charge in [0, 0.05) is 0 Å². The van der Waals surface area contributed by atoms with E-state index in [1.807, 2.05) is 24.3 Å². The molecule has 23 heavy (non-hydrogen) atoms. The van der Waals surface area contributed by atoms with Crippen LogP contribution >= 0.6 is 0 Å². The van der Waals surface area contributed by atoms with Crippen LogP contribution in [0.5, 0.6) is 0 Å². The van der Waals surface area contributed by atoms with E-state index in [1.54, 1.807) is 0 Å². The van der Waals surface area contributed by atoms with Crippen LogP contribution in [0.2, 0.25) is 0 Å². The van der Waals surface area contributed by atoms with Crippen LogP contribution in [0.15, 0.2) is 24.3 Å². The molecule has 1 aromatic carbocycles. The van der Waals surface area contributed by atoms with Crippen molar-refractivity contribution in [2.45, 2.75) is 57.1 Å². The molecule has 124 valence electrons. The third kappa shape index (κ3) is 2.85. The number of benzene rings is 1. The predicted molar refractivity (Wildman–Crippen MR) is 86.9 cm³/mol. The molecule has 2 fully saturated rings. The molecule has 1 aliphatic heterocycles. The number of amides is 3. The summed E-state index contributed by atoms with van der Waals surface area (Å²) in [5.41, 5.74) is 1.21. The number of nitrogens with one attached hydrogen (secondary N) is 1. The predicted octanol–water partition coefficient (Wildman–Crippen LogP) is 2.71. The number of aliphatic hydroxyl groups excluding tert-OH is 1. The second kappa shape index (κ2) is 5.96. The zero-order valence-electron chi connectivity index (χ0n) is 13.7. The molecule has 0 bridgehead atoms. The molecule has 5 nitrogen and oxygen atoms in total. The molecule has 0 radical (unpaired) electrons. The van der Waals surface area contributed by atoms with Crippen LogP contribution in [0, 0.1) is 0 Å². The van der Waals surface area contributed by atoms with Gasteiger partial charge in [-0.25, -0.2) is 4.79 Å². The van der Waals surface area contributed by atoms with Crippen molar-refractivity contribution in [1.29, 1.82) is 0 Å². The Labute approximate surface area is 136 Å². The maximum atomic E-state index is 12.6. The fourth-order valence-electron chi connectivity index (χ4n) is 3.54. The Morgan fingerprint density at radius 2 is 1.70 bits per heavy atom. The summed E-state index contributed by atoms with van der Waals surface area (Å²) in [7, 11) is 0. The lowest BCUT2D eigenvalue weighted by Gasteiger charge is -2.21. The van der Waals surface area contributed by atoms with E-state index in [0.717, 1.165) is 18.4 Å². The van der Waals surface area contributed by atoms with Crippen molar-refractivity contribution < 1.29 is 14.7 Å². The van der Waals surface area contributed by atoms with Crippen molar-refractivity contribution in [1.82, 2.24) is 10.2 Å². The topological polar surface area (TPSA) is 69.6 Å². The first-order valence-electron chi connectivity index (χ1n) is 8.35. The molecule has 3 amide bonds. The van der Waals surface area contributed by atoms with Crippen LogP contribution in [0.25, 0.3) is 0 Å². The van der Waals surface area contributed by atoms with Gasteiger partial charge in [-0.05, 0) is 29.9 Å². The summed E-state index contributed by atoms with van der Waals surface area (Å²) >= 11 is 0. The van der Waals surface area contributed by atoms with E-state index in [0.29, 0.717) is 18.8 Å². The summed E-state index contributed by atoms with van der Waals surface area (Å²) in [6.45, 7) is 4.23. The Morgan fingerprint density at radius 3 is 2.26 bits per heavy atom. The van der Waals surface area contributed by atoms with Crippen molar-refractivity contribution in [3.05, 3.63) is 35.4 Å². The van der Waals surface area contributed by atoms with Gasteiger partial charge in [0.2, 0.25) is 0 Å². The number of hydrogen-bond acceptors (Lipinski definition) is 3. The molecule has 1 aliphatic carbocycles. The van der Waals surface area contributed by atoms with E-state index >= 15 is 0 Å². The number of hydrogen-bond donors (Lipinski definition) is 2. The number of imide groups is 1. The van der Waals surface area contributed by atoms with Gasteiger partial charge < -0.3 is 10.4 Å². The fourth-order valence-corrected chi connectivity index (χ4v) is 3.54. The Kier molecular flexibility index (Phi) is 4.15. The first-order chi connectivity index (χ1) is 10.9. The molecule has 1 heterocycles. The summed E-state index contributed by atoms with van der Waals surface area (Å²) in [5.74, 6) is 0.243. The van der Waals surface area contributed by atoms with Crippen LogP contribution in [0.4, 0.5) is 4.79 Å². The summed E-state index contributed by atoms with van der Waals surface area (Å²) < 4.78 is 0. The van der Waals surface area contributed by atoms with Gasteiger partial charge in [-0.1, -0.05) is 51.0 Å². The van der Waals surface area contributed by atoms with Gasteiger partial charge >= 0.3 is 6.03 Å². The fraction of sp³-hybridized carbons (Fsp3) is 0.556. The zero-order valence-corrected chi connectivity index (χ0v) is 13.7. The summed E-state index contributed by atoms with van der Waals surface area (Å²) in [6.07, 6.45) is 2.46. The van der Waals surface area contributed by atoms with E-state index in [9.17, 15) is 14.7 Å². The van der Waals surface area contributed by atoms with E-state index < -0.39 is 11.6 Å². The second-order valence-corrected chi connectivity index (χ2v) is 6.97. The molecule has 1 atom stereocenters. The number of β-amino-alcohol motifs (C(OH)–C–C–N with tert-alkyl or cyclic N) is 1. The number of nitrogens with zero attached hydrogens (tertiary/aromatic N) is 1. The third-order valence-electron chi connectivity index (χ3n) is 5.05. The van der Waals surface area contributed by atoms with Gasteiger partial charge in [0.15, 0.2) is 0 Å². The third-order valence-corrected chi connectivity index (χ3v) is 5.05. The standard InChI is InChI=1S/C18H24N2O3/c1-12(2)13-5-7-14(8-6-13)15(21)11-20-16(22)18(19-17(20)23)9-3-4-10-18/h5-8,12,15,21H,3-4,9-11H2,1-2H3,(H,19,23)/t15-/m0/s1. The molecule has 1 spiro atoms. The number of carbonyl (C=O) groups excluding carboxylic acids is 2. The van der Waals surface area contributed by atoms with Crippen molar-refractivity contribution in [2.75, 3.05) is 6.54 Å². The van der Waals surface area contributed by atoms with E-state index in [2.05, 4.69) is 19.2 Å². The molecule has 1 saturated heterocycles. The highest BCUT2D eigenvalue weighted by atomic mass is 16.3. The highest BCUT2D eigenvalue weighted by Crippen LogP contribution is 2.35. The summed E-state index contributed by atoms with van der Waals surface area (Å²) in [4.78, 5) is 25.9. The molecule has 5 heteroatoms. The molecular weight excluding hydrogens is 292 g/mol. The molecule has 0 aromatic heterocycles. The first-order valence-corrected chi connectivity index (χ1v) is 8.35. The average Bonchev–Trinajstić information content (AvgIpc) is 3.08. The van der Waals surface area contributed by atoms with Gasteiger partial charge in [-0.15, -0.1) is 0 Å². The van der Waals surface area contributed by atoms with Crippen molar-refractivity contribution in [3.8, 4) is 0 Å². The lowest BCUT2D eigenvalue weighted by Crippen LogP contribution is -2.44. The summed E-state index contributed by atoms with van der Waals surface area (Å²) in [5, 5.41) is 13.2. The molecule has 2 aliphatic rings. The minimum atomic E-state index is -0.859. The van der Waals surface area contributed by atoms with Crippen LogP contribution in [-0.2, 0) is 4.79 Å². The second-order valence-electron chi connectivity index (χ2n) is 6.97. The van der Waals surface area contributed by atoms with Crippen molar-refractivity contribution >= 4 is 11.9 Å². The van der Waals surface area contributed by atoms with E-state index in [1.165, 1.54) is 10.5 Å². The molecule has 0 unspecified atom stereocenters. The Balaban J connectivity index is 1.71. The molecule has 2 N–H and O–H groups in total. The van der Waals surface area contributed by atoms with E-state index in [-0.39, 0.29) is 18.5 Å². The van der Waals surface area contributed by atoms with Crippen LogP contribution in [0.3, 0.4) is 0 Å². The minimum Gasteiger partial charge on any atom is -0.387 e. The van der Waals surface area contributed by atoms with Crippen LogP contribution in [-0.4, -0.2) is 34.0 Å². The number of rotatable bonds is 4. The Bertz CT molecular complexity index is 603. The van der Waals surface area contributed by atoms with Crippen LogP contribution in [0.1, 0.15) is 62.7 Å². The van der Waals surface area contributed by atoms with Crippen molar-refractivity contribution in [3.63, 3.8) is 0 Å². The van der Waals surface area contributed by atoms with Gasteiger partial charge in [0.05, 0.1) is 12.6 Å². The SMILES string of the molecule is CC(C)c1ccc([C@@H](O)CN2C(=O)NC3(CCCC3)C2=O)cc1. The average molecular weight is 316 g/mol. The van der Waals surface area contributed by atoms with Gasteiger partial charge in [-0.3, -0.25) is 9.69 Å². The Hall–Kier alpha value is -1.88. The zero-order chi connectivity index (χ0) is 16.6. The number of aliphatic hydroxyl groups is 1. The highest BCUT2D eigenvalue weighted by molar-refractivity contribution is 6.07. The number of urea groups is 1. The molecule has 1 saturated carbocycles. The van der Waals surface area contributed by atoms with Gasteiger partial charge in [0.25, 0.3) is 5.91 Å². The lowest BCUT2D eigenvalue weighted by molar-refractivity contribution is -0.132. The number of carbonyl (C=O) groups is 2. The minimum absolute atomic E-state index is 0.00738. The maximum Gasteiger partial charge on any atom is 0.325 e. The molecule has 3 rings (SSSR count). The van der Waals surface area contributed by atoms with Gasteiger partial charge in [-0.2, -0.15) is 0 Å².